The van der Waals surface area contributed by atoms with Gasteiger partial charge >= 0.3 is 0 Å². The van der Waals surface area contributed by atoms with Gasteiger partial charge in [-0.3, -0.25) is 4.99 Å². The van der Waals surface area contributed by atoms with Gasteiger partial charge < -0.3 is 16.0 Å². The van der Waals surface area contributed by atoms with E-state index in [0.29, 0.717) is 0 Å². The molecule has 6 heteroatoms. The molecule has 130 valence electrons. The molecule has 5 nitrogen and oxygen atoms in total. The Morgan fingerprint density at radius 2 is 1.92 bits per heavy atom. The zero-order valence-corrected chi connectivity index (χ0v) is 15.3. The number of hydrogen-bond acceptors (Lipinski definition) is 4. The summed E-state index contributed by atoms with van der Waals surface area (Å²) in [6.07, 6.45) is 5.08. The van der Waals surface area contributed by atoms with E-state index in [4.69, 9.17) is 0 Å². The van der Waals surface area contributed by atoms with Gasteiger partial charge in [-0.25, -0.2) is 4.98 Å². The van der Waals surface area contributed by atoms with Crippen LogP contribution < -0.4 is 16.0 Å². The Bertz CT molecular complexity index is 609. The molecule has 0 spiro atoms. The quantitative estimate of drug-likeness (QED) is 0.371. The molecule has 0 aliphatic carbocycles. The molecule has 0 radical (unpaired) electrons. The fraction of sp³-hybridized carbons (Fsp3) is 0.444. The fourth-order valence-corrected chi connectivity index (χ4v) is 3.14. The highest BCUT2D eigenvalue weighted by Crippen LogP contribution is 2.16. The second kappa shape index (κ2) is 10.6. The van der Waals surface area contributed by atoms with Crippen molar-refractivity contribution in [3.05, 3.63) is 46.3 Å². The molecule has 0 bridgehead atoms. The van der Waals surface area contributed by atoms with Gasteiger partial charge in [0.2, 0.25) is 0 Å². The third kappa shape index (κ3) is 6.58. The number of pyridine rings is 1. The topological polar surface area (TPSA) is 61.3 Å². The smallest absolute Gasteiger partial charge is 0.191 e. The van der Waals surface area contributed by atoms with E-state index in [1.165, 1.54) is 9.75 Å². The van der Waals surface area contributed by atoms with Crippen molar-refractivity contribution in [2.75, 3.05) is 25.5 Å². The van der Waals surface area contributed by atoms with Crippen LogP contribution in [0.1, 0.15) is 29.5 Å². The van der Waals surface area contributed by atoms with Gasteiger partial charge in [0.25, 0.3) is 0 Å². The van der Waals surface area contributed by atoms with Crippen LogP contribution in [-0.2, 0) is 13.0 Å². The van der Waals surface area contributed by atoms with Gasteiger partial charge in [-0.05, 0) is 43.5 Å². The maximum absolute atomic E-state index is 4.27. The maximum Gasteiger partial charge on any atom is 0.191 e. The first-order chi connectivity index (χ1) is 11.8. The number of hydrogen-bond donors (Lipinski definition) is 3. The first-order valence-electron chi connectivity index (χ1n) is 8.49. The summed E-state index contributed by atoms with van der Waals surface area (Å²) in [7, 11) is 1.81. The Morgan fingerprint density at radius 1 is 1.08 bits per heavy atom. The first kappa shape index (κ1) is 18.3. The van der Waals surface area contributed by atoms with Crippen LogP contribution in [0, 0.1) is 0 Å². The summed E-state index contributed by atoms with van der Waals surface area (Å²) in [5.41, 5.74) is 0. The van der Waals surface area contributed by atoms with Crippen molar-refractivity contribution in [3.8, 4) is 0 Å². The third-order valence-electron chi connectivity index (χ3n) is 3.59. The summed E-state index contributed by atoms with van der Waals surface area (Å²) in [5.74, 6) is 1.80. The summed E-state index contributed by atoms with van der Waals surface area (Å²) in [6, 6.07) is 10.3. The second-order valence-corrected chi connectivity index (χ2v) is 6.68. The van der Waals surface area contributed by atoms with Gasteiger partial charge in [-0.2, -0.15) is 0 Å². The molecule has 0 amide bonds. The largest absolute Gasteiger partial charge is 0.370 e. The van der Waals surface area contributed by atoms with E-state index in [0.717, 1.165) is 50.7 Å². The van der Waals surface area contributed by atoms with Crippen molar-refractivity contribution in [1.29, 1.82) is 0 Å². The molecule has 0 saturated heterocycles. The molecule has 2 aromatic rings. The highest BCUT2D eigenvalue weighted by atomic mass is 32.1. The summed E-state index contributed by atoms with van der Waals surface area (Å²) in [5, 5.41) is 10.0. The van der Waals surface area contributed by atoms with Crippen molar-refractivity contribution in [2.45, 2.75) is 32.7 Å². The van der Waals surface area contributed by atoms with E-state index >= 15 is 0 Å². The number of aromatic nitrogens is 1. The number of anilines is 1. The van der Waals surface area contributed by atoms with E-state index in [1.807, 2.05) is 36.6 Å². The average molecular weight is 346 g/mol. The molecular weight excluding hydrogens is 318 g/mol. The number of rotatable bonds is 9. The SMILES string of the molecule is CCc1ccc(CNC(=NC)NCCCCNc2ccccn2)s1. The molecule has 3 N–H and O–H groups in total. The molecule has 2 heterocycles. The van der Waals surface area contributed by atoms with E-state index in [9.17, 15) is 0 Å². The minimum Gasteiger partial charge on any atom is -0.370 e. The number of aryl methyl sites for hydroxylation is 1. The Labute approximate surface area is 148 Å². The van der Waals surface area contributed by atoms with Crippen molar-refractivity contribution >= 4 is 23.1 Å². The number of guanidine groups is 1. The molecule has 0 unspecified atom stereocenters. The third-order valence-corrected chi connectivity index (χ3v) is 4.82. The molecule has 0 fully saturated rings. The molecule has 2 rings (SSSR count). The highest BCUT2D eigenvalue weighted by Gasteiger charge is 2.01. The number of unbranched alkanes of at least 4 members (excludes halogenated alkanes) is 1. The lowest BCUT2D eigenvalue weighted by molar-refractivity contribution is 0.712. The normalized spacial score (nSPS) is 11.3. The van der Waals surface area contributed by atoms with Crippen LogP contribution in [0.5, 0.6) is 0 Å². The maximum atomic E-state index is 4.27. The van der Waals surface area contributed by atoms with Crippen LogP contribution in [0.4, 0.5) is 5.82 Å². The molecule has 0 aliphatic rings. The Morgan fingerprint density at radius 3 is 2.62 bits per heavy atom. The number of nitrogens with zero attached hydrogens (tertiary/aromatic N) is 2. The predicted molar refractivity (Wildman–Crippen MR) is 104 cm³/mol. The lowest BCUT2D eigenvalue weighted by Crippen LogP contribution is -2.37. The molecular formula is C18H27N5S. The molecule has 0 aliphatic heterocycles. The number of nitrogens with one attached hydrogen (secondary N) is 3. The summed E-state index contributed by atoms with van der Waals surface area (Å²) in [6.45, 7) is 4.85. The molecule has 24 heavy (non-hydrogen) atoms. The van der Waals surface area contributed by atoms with Crippen molar-refractivity contribution in [2.24, 2.45) is 4.99 Å². The van der Waals surface area contributed by atoms with Gasteiger partial charge in [0.1, 0.15) is 5.82 Å². The minimum absolute atomic E-state index is 0.825. The van der Waals surface area contributed by atoms with Crippen LogP contribution in [0.3, 0.4) is 0 Å². The Kier molecular flexibility index (Phi) is 8.10. The predicted octanol–water partition coefficient (Wildman–Crippen LogP) is 3.26. The Balaban J connectivity index is 1.56. The number of aliphatic imine (C=N–C) groups is 1. The lowest BCUT2D eigenvalue weighted by atomic mass is 10.3. The van der Waals surface area contributed by atoms with Gasteiger partial charge in [-0.15, -0.1) is 11.3 Å². The van der Waals surface area contributed by atoms with Crippen molar-refractivity contribution in [3.63, 3.8) is 0 Å². The van der Waals surface area contributed by atoms with Crippen LogP contribution in [-0.4, -0.2) is 31.1 Å². The molecule has 2 aromatic heterocycles. The van der Waals surface area contributed by atoms with E-state index in [1.54, 1.807) is 6.20 Å². The minimum atomic E-state index is 0.825. The first-order valence-corrected chi connectivity index (χ1v) is 9.30. The van der Waals surface area contributed by atoms with Crippen LogP contribution >= 0.6 is 11.3 Å². The lowest BCUT2D eigenvalue weighted by Gasteiger charge is -2.11. The fourth-order valence-electron chi connectivity index (χ4n) is 2.24. The number of thiophene rings is 1. The molecule has 0 aromatic carbocycles. The summed E-state index contributed by atoms with van der Waals surface area (Å²) in [4.78, 5) is 11.3. The Hall–Kier alpha value is -2.08. The molecule has 0 saturated carbocycles. The average Bonchev–Trinajstić information content (AvgIpc) is 3.09. The van der Waals surface area contributed by atoms with Gasteiger partial charge in [-0.1, -0.05) is 13.0 Å². The van der Waals surface area contributed by atoms with Crippen molar-refractivity contribution in [1.82, 2.24) is 15.6 Å². The zero-order valence-electron chi connectivity index (χ0n) is 14.5. The standard InChI is InChI=1S/C18H27N5S/c1-3-15-9-10-16(24-15)14-23-18(19-2)22-13-7-6-12-21-17-8-4-5-11-20-17/h4-5,8-11H,3,6-7,12-14H2,1-2H3,(H,20,21)(H2,19,22,23). The zero-order chi connectivity index (χ0) is 17.0. The van der Waals surface area contributed by atoms with Crippen molar-refractivity contribution < 1.29 is 0 Å². The van der Waals surface area contributed by atoms with E-state index in [-0.39, 0.29) is 0 Å². The van der Waals surface area contributed by atoms with Crippen LogP contribution in [0.25, 0.3) is 0 Å². The van der Waals surface area contributed by atoms with Gasteiger partial charge in [0, 0.05) is 36.1 Å². The van der Waals surface area contributed by atoms with Gasteiger partial charge in [0.05, 0.1) is 6.54 Å². The van der Waals surface area contributed by atoms with Gasteiger partial charge in [0.15, 0.2) is 5.96 Å². The monoisotopic (exact) mass is 345 g/mol. The van der Waals surface area contributed by atoms with E-state index < -0.39 is 0 Å². The summed E-state index contributed by atoms with van der Waals surface area (Å²) < 4.78 is 0. The molecule has 0 atom stereocenters. The van der Waals surface area contributed by atoms with E-state index in [2.05, 4.69) is 45.0 Å². The second-order valence-electron chi connectivity index (χ2n) is 5.42. The van der Waals surface area contributed by atoms with Crippen LogP contribution in [0.15, 0.2) is 41.5 Å². The highest BCUT2D eigenvalue weighted by molar-refractivity contribution is 7.11. The van der Waals surface area contributed by atoms with Crippen LogP contribution in [0.2, 0.25) is 0 Å². The summed E-state index contributed by atoms with van der Waals surface area (Å²) >= 11 is 1.86.